The van der Waals surface area contributed by atoms with E-state index in [9.17, 15) is 9.18 Å². The normalized spacial score (nSPS) is 21.9. The van der Waals surface area contributed by atoms with Crippen LogP contribution in [0.2, 0.25) is 0 Å². The molecule has 0 radical (unpaired) electrons. The van der Waals surface area contributed by atoms with Crippen LogP contribution in [0.1, 0.15) is 46.7 Å². The molecule has 1 N–H and O–H groups in total. The molecular weight excluding hydrogens is 377 g/mol. The third-order valence-corrected chi connectivity index (χ3v) is 6.57. The Labute approximate surface area is 168 Å². The first-order valence-electron chi connectivity index (χ1n) is 9.87. The Kier molecular flexibility index (Phi) is 5.75. The third kappa shape index (κ3) is 4.42. The summed E-state index contributed by atoms with van der Waals surface area (Å²) >= 11 is 1.48. The first-order chi connectivity index (χ1) is 13.5. The number of halogens is 1. The highest BCUT2D eigenvalue weighted by atomic mass is 32.1. The van der Waals surface area contributed by atoms with E-state index in [0.717, 1.165) is 49.3 Å². The molecule has 2 saturated heterocycles. The van der Waals surface area contributed by atoms with Gasteiger partial charge in [-0.05, 0) is 38.7 Å². The molecule has 1 aromatic carbocycles. The lowest BCUT2D eigenvalue weighted by atomic mass is 9.88. The number of carbonyl (C=O) groups excluding carboxylic acids is 1. The number of nitrogens with zero attached hydrogens (tertiary/aromatic N) is 2. The van der Waals surface area contributed by atoms with Gasteiger partial charge in [-0.15, -0.1) is 11.3 Å². The van der Waals surface area contributed by atoms with E-state index in [1.807, 2.05) is 19.1 Å². The van der Waals surface area contributed by atoms with Crippen molar-refractivity contribution >= 4 is 17.2 Å². The summed E-state index contributed by atoms with van der Waals surface area (Å²) < 4.78 is 20.2. The van der Waals surface area contributed by atoms with E-state index in [1.165, 1.54) is 17.4 Å². The summed E-state index contributed by atoms with van der Waals surface area (Å²) in [6.07, 6.45) is 3.95. The molecule has 2 fully saturated rings. The predicted molar refractivity (Wildman–Crippen MR) is 107 cm³/mol. The topological polar surface area (TPSA) is 54.5 Å². The number of likely N-dealkylation sites (tertiary alicyclic amines) is 1. The second kappa shape index (κ2) is 8.27. The first kappa shape index (κ1) is 19.5. The van der Waals surface area contributed by atoms with Crippen molar-refractivity contribution < 1.29 is 13.9 Å². The summed E-state index contributed by atoms with van der Waals surface area (Å²) in [4.78, 5) is 18.7. The van der Waals surface area contributed by atoms with E-state index < -0.39 is 0 Å². The van der Waals surface area contributed by atoms with Gasteiger partial charge in [-0.25, -0.2) is 9.37 Å². The average molecular weight is 404 g/mol. The van der Waals surface area contributed by atoms with Crippen molar-refractivity contribution in [2.24, 2.45) is 0 Å². The Bertz CT molecular complexity index is 833. The summed E-state index contributed by atoms with van der Waals surface area (Å²) in [5, 5.41) is 5.63. The van der Waals surface area contributed by atoms with Crippen LogP contribution in [0.15, 0.2) is 29.6 Å². The maximum Gasteiger partial charge on any atom is 0.270 e. The zero-order valence-electron chi connectivity index (χ0n) is 16.1. The fraction of sp³-hybridized carbons (Fsp3) is 0.524. The predicted octanol–water partition coefficient (Wildman–Crippen LogP) is 3.53. The van der Waals surface area contributed by atoms with Crippen LogP contribution in [-0.2, 0) is 11.3 Å². The molecule has 7 heteroatoms. The Morgan fingerprint density at radius 3 is 2.86 bits per heavy atom. The van der Waals surface area contributed by atoms with Gasteiger partial charge in [0.05, 0.1) is 16.7 Å². The van der Waals surface area contributed by atoms with Crippen molar-refractivity contribution in [2.75, 3.05) is 19.6 Å². The fourth-order valence-electron chi connectivity index (χ4n) is 4.16. The van der Waals surface area contributed by atoms with E-state index in [4.69, 9.17) is 4.74 Å². The number of piperidine rings is 1. The van der Waals surface area contributed by atoms with Gasteiger partial charge in [0, 0.05) is 37.1 Å². The zero-order valence-corrected chi connectivity index (χ0v) is 16.9. The lowest BCUT2D eigenvalue weighted by Crippen LogP contribution is -2.45. The highest BCUT2D eigenvalue weighted by molar-refractivity contribution is 7.09. The molecule has 0 saturated carbocycles. The number of thiazole rings is 1. The molecule has 5 nitrogen and oxygen atoms in total. The van der Waals surface area contributed by atoms with Gasteiger partial charge in [-0.3, -0.25) is 9.69 Å². The SMILES string of the molecule is Cc1nc(C(=O)NC[C@H]2CCC3(CCN(Cc4ccccc4F)CC3)O2)cs1. The van der Waals surface area contributed by atoms with Gasteiger partial charge in [0.1, 0.15) is 11.5 Å². The number of rotatable bonds is 5. The summed E-state index contributed by atoms with van der Waals surface area (Å²) in [7, 11) is 0. The molecule has 0 unspecified atom stereocenters. The Morgan fingerprint density at radius 1 is 1.36 bits per heavy atom. The van der Waals surface area contributed by atoms with Crippen molar-refractivity contribution in [1.82, 2.24) is 15.2 Å². The quantitative estimate of drug-likeness (QED) is 0.830. The fourth-order valence-corrected chi connectivity index (χ4v) is 4.75. The second-order valence-corrected chi connectivity index (χ2v) is 8.85. The van der Waals surface area contributed by atoms with E-state index in [0.29, 0.717) is 18.8 Å². The maximum atomic E-state index is 13.9. The summed E-state index contributed by atoms with van der Waals surface area (Å²) in [5.74, 6) is -0.264. The first-order valence-corrected chi connectivity index (χ1v) is 10.7. The van der Waals surface area contributed by atoms with Crippen molar-refractivity contribution in [3.63, 3.8) is 0 Å². The lowest BCUT2D eigenvalue weighted by molar-refractivity contribution is -0.0765. The number of hydrogen-bond donors (Lipinski definition) is 1. The highest BCUT2D eigenvalue weighted by Gasteiger charge is 2.42. The van der Waals surface area contributed by atoms with E-state index in [1.54, 1.807) is 11.4 Å². The smallest absolute Gasteiger partial charge is 0.270 e. The summed E-state index contributed by atoms with van der Waals surface area (Å²) in [6.45, 7) is 4.88. The van der Waals surface area contributed by atoms with Crippen molar-refractivity contribution in [3.8, 4) is 0 Å². The van der Waals surface area contributed by atoms with Crippen molar-refractivity contribution in [2.45, 2.75) is 50.9 Å². The van der Waals surface area contributed by atoms with E-state index in [-0.39, 0.29) is 23.4 Å². The molecule has 3 heterocycles. The molecular formula is C21H26FN3O2S. The van der Waals surface area contributed by atoms with Crippen LogP contribution >= 0.6 is 11.3 Å². The van der Waals surface area contributed by atoms with Crippen LogP contribution in [0.5, 0.6) is 0 Å². The maximum absolute atomic E-state index is 13.9. The Morgan fingerprint density at radius 2 is 2.14 bits per heavy atom. The number of nitrogens with one attached hydrogen (secondary N) is 1. The van der Waals surface area contributed by atoms with Crippen LogP contribution in [-0.4, -0.2) is 47.1 Å². The molecule has 0 aliphatic carbocycles. The standard InChI is InChI=1S/C21H26FN3O2S/c1-15-24-19(14-28-15)20(26)23-12-17-6-7-21(27-17)8-10-25(11-9-21)13-16-4-2-3-5-18(16)22/h2-5,14,17H,6-13H2,1H3,(H,23,26)/t17-/m1/s1. The number of hydrogen-bond acceptors (Lipinski definition) is 5. The van der Waals surface area contributed by atoms with Gasteiger partial charge in [-0.1, -0.05) is 18.2 Å². The number of aryl methyl sites for hydroxylation is 1. The number of aromatic nitrogens is 1. The van der Waals surface area contributed by atoms with Gasteiger partial charge < -0.3 is 10.1 Å². The number of carbonyl (C=O) groups is 1. The van der Waals surface area contributed by atoms with Gasteiger partial charge >= 0.3 is 0 Å². The molecule has 1 aromatic heterocycles. The molecule has 0 bridgehead atoms. The van der Waals surface area contributed by atoms with Crippen LogP contribution in [0, 0.1) is 12.7 Å². The summed E-state index contributed by atoms with van der Waals surface area (Å²) in [5.41, 5.74) is 1.15. The third-order valence-electron chi connectivity index (χ3n) is 5.80. The minimum Gasteiger partial charge on any atom is -0.370 e. The minimum absolute atomic E-state index is 0.0572. The largest absolute Gasteiger partial charge is 0.370 e. The average Bonchev–Trinajstić information content (AvgIpc) is 3.30. The lowest BCUT2D eigenvalue weighted by Gasteiger charge is -2.39. The van der Waals surface area contributed by atoms with Gasteiger partial charge in [0.2, 0.25) is 0 Å². The number of amides is 1. The summed E-state index contributed by atoms with van der Waals surface area (Å²) in [6, 6.07) is 6.99. The minimum atomic E-state index is -0.133. The van der Waals surface area contributed by atoms with Crippen LogP contribution < -0.4 is 5.32 Å². The second-order valence-electron chi connectivity index (χ2n) is 7.79. The molecule has 1 amide bonds. The van der Waals surface area contributed by atoms with Gasteiger partial charge in [0.15, 0.2) is 0 Å². The van der Waals surface area contributed by atoms with Crippen molar-refractivity contribution in [3.05, 3.63) is 51.7 Å². The number of benzene rings is 1. The molecule has 2 aliphatic heterocycles. The zero-order chi connectivity index (χ0) is 19.6. The molecule has 4 rings (SSSR count). The monoisotopic (exact) mass is 403 g/mol. The molecule has 28 heavy (non-hydrogen) atoms. The molecule has 2 aliphatic rings. The molecule has 1 atom stereocenters. The van der Waals surface area contributed by atoms with Gasteiger partial charge in [-0.2, -0.15) is 0 Å². The number of ether oxygens (including phenoxy) is 1. The highest BCUT2D eigenvalue weighted by Crippen LogP contribution is 2.39. The van der Waals surface area contributed by atoms with Crippen LogP contribution in [0.25, 0.3) is 0 Å². The van der Waals surface area contributed by atoms with Crippen molar-refractivity contribution in [1.29, 1.82) is 0 Å². The van der Waals surface area contributed by atoms with Crippen LogP contribution in [0.3, 0.4) is 0 Å². The van der Waals surface area contributed by atoms with Crippen LogP contribution in [0.4, 0.5) is 4.39 Å². The molecule has 150 valence electrons. The van der Waals surface area contributed by atoms with E-state index in [2.05, 4.69) is 15.2 Å². The van der Waals surface area contributed by atoms with E-state index >= 15 is 0 Å². The molecule has 2 aromatic rings. The Balaban J connectivity index is 1.24. The molecule has 1 spiro atoms. The van der Waals surface area contributed by atoms with Gasteiger partial charge in [0.25, 0.3) is 5.91 Å². The Hall–Kier alpha value is -1.83.